The van der Waals surface area contributed by atoms with Crippen molar-refractivity contribution >= 4 is 27.3 Å². The van der Waals surface area contributed by atoms with Crippen LogP contribution in [0.4, 0.5) is 4.39 Å². The van der Waals surface area contributed by atoms with Crippen molar-refractivity contribution < 1.29 is 17.6 Å². The summed E-state index contributed by atoms with van der Waals surface area (Å²) in [4.78, 5) is 12.4. The van der Waals surface area contributed by atoms with E-state index in [4.69, 9.17) is 0 Å². The fourth-order valence-electron chi connectivity index (χ4n) is 2.72. The summed E-state index contributed by atoms with van der Waals surface area (Å²) in [5.74, 6) is -0.661. The van der Waals surface area contributed by atoms with Crippen LogP contribution in [0, 0.1) is 5.82 Å². The Labute approximate surface area is 144 Å². The Morgan fingerprint density at radius 2 is 2.04 bits per heavy atom. The summed E-state index contributed by atoms with van der Waals surface area (Å²) in [6.45, 7) is 0.581. The van der Waals surface area contributed by atoms with Crippen LogP contribution in [0.5, 0.6) is 0 Å². The Kier molecular flexibility index (Phi) is 4.98. The average molecular weight is 368 g/mol. The number of hydrogen-bond acceptors (Lipinski definition) is 4. The van der Waals surface area contributed by atoms with Crippen LogP contribution in [-0.4, -0.2) is 31.2 Å². The van der Waals surface area contributed by atoms with Gasteiger partial charge in [0.1, 0.15) is 16.1 Å². The second kappa shape index (κ2) is 7.00. The van der Waals surface area contributed by atoms with Crippen LogP contribution in [0.15, 0.2) is 46.0 Å². The standard InChI is InChI=1S/C16H17FN2O3S2/c17-13-7-5-12(6-8-13)11-18-16(20)14-3-1-9-19(14)24(21,22)15-4-2-10-23-15/h2,4-8,10,14H,1,3,9,11H2,(H,18,20)/t14-/m1/s1. The highest BCUT2D eigenvalue weighted by molar-refractivity contribution is 7.91. The average Bonchev–Trinajstić information content (AvgIpc) is 3.25. The van der Waals surface area contributed by atoms with Gasteiger partial charge in [0.05, 0.1) is 0 Å². The summed E-state index contributed by atoms with van der Waals surface area (Å²) >= 11 is 1.15. The number of carbonyl (C=O) groups is 1. The minimum absolute atomic E-state index is 0.239. The summed E-state index contributed by atoms with van der Waals surface area (Å²) in [7, 11) is -3.64. The normalized spacial score (nSPS) is 18.6. The number of carbonyl (C=O) groups excluding carboxylic acids is 1. The third-order valence-corrected chi connectivity index (χ3v) is 7.23. The molecule has 1 aliphatic heterocycles. The minimum atomic E-state index is -3.64. The fourth-order valence-corrected chi connectivity index (χ4v) is 5.50. The maximum absolute atomic E-state index is 12.9. The number of amides is 1. The van der Waals surface area contributed by atoms with E-state index in [9.17, 15) is 17.6 Å². The van der Waals surface area contributed by atoms with Crippen LogP contribution in [0.2, 0.25) is 0 Å². The summed E-state index contributed by atoms with van der Waals surface area (Å²) in [6.07, 6.45) is 1.15. The molecule has 1 aromatic heterocycles. The van der Waals surface area contributed by atoms with Gasteiger partial charge in [0.2, 0.25) is 5.91 Å². The van der Waals surface area contributed by atoms with E-state index in [1.165, 1.54) is 16.4 Å². The van der Waals surface area contributed by atoms with E-state index in [-0.39, 0.29) is 22.5 Å². The molecule has 0 spiro atoms. The molecule has 2 aromatic rings. The molecule has 1 aliphatic rings. The Morgan fingerprint density at radius 3 is 2.71 bits per heavy atom. The third-order valence-electron chi connectivity index (χ3n) is 3.94. The van der Waals surface area contributed by atoms with E-state index < -0.39 is 16.1 Å². The molecule has 0 saturated carbocycles. The number of nitrogens with zero attached hydrogens (tertiary/aromatic N) is 1. The van der Waals surface area contributed by atoms with Crippen molar-refractivity contribution in [2.24, 2.45) is 0 Å². The Balaban J connectivity index is 1.69. The summed E-state index contributed by atoms with van der Waals surface area (Å²) in [6, 6.07) is 8.35. The van der Waals surface area contributed by atoms with Gasteiger partial charge in [-0.25, -0.2) is 12.8 Å². The van der Waals surface area contributed by atoms with Gasteiger partial charge in [0.25, 0.3) is 10.0 Å². The molecule has 0 radical (unpaired) electrons. The van der Waals surface area contributed by atoms with Gasteiger partial charge >= 0.3 is 0 Å². The van der Waals surface area contributed by atoms with Crippen molar-refractivity contribution in [3.63, 3.8) is 0 Å². The van der Waals surface area contributed by atoms with E-state index in [1.54, 1.807) is 29.6 Å². The van der Waals surface area contributed by atoms with E-state index in [0.717, 1.165) is 16.9 Å². The van der Waals surface area contributed by atoms with Crippen molar-refractivity contribution in [2.75, 3.05) is 6.54 Å². The number of benzene rings is 1. The van der Waals surface area contributed by atoms with E-state index in [2.05, 4.69) is 5.32 Å². The van der Waals surface area contributed by atoms with E-state index in [0.29, 0.717) is 19.4 Å². The zero-order valence-corrected chi connectivity index (χ0v) is 14.4. The van der Waals surface area contributed by atoms with Gasteiger partial charge < -0.3 is 5.32 Å². The van der Waals surface area contributed by atoms with Crippen molar-refractivity contribution in [1.29, 1.82) is 0 Å². The molecule has 1 fully saturated rings. The van der Waals surface area contributed by atoms with Crippen molar-refractivity contribution in [3.8, 4) is 0 Å². The van der Waals surface area contributed by atoms with Crippen LogP contribution < -0.4 is 5.32 Å². The number of halogens is 1. The zero-order valence-electron chi connectivity index (χ0n) is 12.8. The second-order valence-electron chi connectivity index (χ2n) is 5.55. The quantitative estimate of drug-likeness (QED) is 0.881. The summed E-state index contributed by atoms with van der Waals surface area (Å²) in [5.41, 5.74) is 0.760. The molecule has 2 heterocycles. The highest BCUT2D eigenvalue weighted by atomic mass is 32.2. The lowest BCUT2D eigenvalue weighted by molar-refractivity contribution is -0.124. The first-order chi connectivity index (χ1) is 11.5. The van der Waals surface area contributed by atoms with Gasteiger partial charge in [-0.3, -0.25) is 4.79 Å². The first kappa shape index (κ1) is 17.1. The molecule has 1 aromatic carbocycles. The molecule has 128 valence electrons. The first-order valence-electron chi connectivity index (χ1n) is 7.56. The molecule has 5 nitrogen and oxygen atoms in total. The molecule has 1 atom stereocenters. The number of nitrogens with one attached hydrogen (secondary N) is 1. The lowest BCUT2D eigenvalue weighted by Crippen LogP contribution is -2.45. The Morgan fingerprint density at radius 1 is 1.29 bits per heavy atom. The van der Waals surface area contributed by atoms with Crippen LogP contribution in [0.3, 0.4) is 0 Å². The zero-order chi connectivity index (χ0) is 17.2. The van der Waals surface area contributed by atoms with Crippen molar-refractivity contribution in [3.05, 3.63) is 53.2 Å². The van der Waals surface area contributed by atoms with E-state index in [1.807, 2.05) is 0 Å². The highest BCUT2D eigenvalue weighted by Gasteiger charge is 2.39. The van der Waals surface area contributed by atoms with Gasteiger partial charge in [-0.2, -0.15) is 4.31 Å². The molecule has 0 bridgehead atoms. The molecule has 0 aliphatic carbocycles. The molecular formula is C16H17FN2O3S2. The SMILES string of the molecule is O=C(NCc1ccc(F)cc1)[C@H]1CCCN1S(=O)(=O)c1cccs1. The molecular weight excluding hydrogens is 351 g/mol. The van der Waals surface area contributed by atoms with Gasteiger partial charge in [0.15, 0.2) is 0 Å². The molecule has 3 rings (SSSR count). The van der Waals surface area contributed by atoms with Crippen LogP contribution in [-0.2, 0) is 21.4 Å². The summed E-state index contributed by atoms with van der Waals surface area (Å²) in [5, 5.41) is 4.44. The molecule has 24 heavy (non-hydrogen) atoms. The second-order valence-corrected chi connectivity index (χ2v) is 8.62. The Hall–Kier alpha value is -1.77. The third kappa shape index (κ3) is 3.50. The molecule has 8 heteroatoms. The van der Waals surface area contributed by atoms with Crippen molar-refractivity contribution in [1.82, 2.24) is 9.62 Å². The molecule has 1 saturated heterocycles. The van der Waals surface area contributed by atoms with Crippen molar-refractivity contribution in [2.45, 2.75) is 29.6 Å². The lowest BCUT2D eigenvalue weighted by atomic mass is 10.2. The molecule has 0 unspecified atom stereocenters. The van der Waals surface area contributed by atoms with Gasteiger partial charge in [0, 0.05) is 13.1 Å². The van der Waals surface area contributed by atoms with Crippen LogP contribution in [0.1, 0.15) is 18.4 Å². The first-order valence-corrected chi connectivity index (χ1v) is 9.88. The number of hydrogen-bond donors (Lipinski definition) is 1. The van der Waals surface area contributed by atoms with Gasteiger partial charge in [-0.15, -0.1) is 11.3 Å². The number of sulfonamides is 1. The predicted molar refractivity (Wildman–Crippen MR) is 89.5 cm³/mol. The number of rotatable bonds is 5. The number of thiophene rings is 1. The Bertz CT molecular complexity index is 804. The largest absolute Gasteiger partial charge is 0.351 e. The smallest absolute Gasteiger partial charge is 0.253 e. The van der Waals surface area contributed by atoms with Gasteiger partial charge in [-0.05, 0) is 42.0 Å². The maximum atomic E-state index is 12.9. The van der Waals surface area contributed by atoms with E-state index >= 15 is 0 Å². The predicted octanol–water partition coefficient (Wildman–Crippen LogP) is 2.36. The highest BCUT2D eigenvalue weighted by Crippen LogP contribution is 2.28. The van der Waals surface area contributed by atoms with Gasteiger partial charge in [-0.1, -0.05) is 18.2 Å². The van der Waals surface area contributed by atoms with Crippen LogP contribution in [0.25, 0.3) is 0 Å². The monoisotopic (exact) mass is 368 g/mol. The minimum Gasteiger partial charge on any atom is -0.351 e. The lowest BCUT2D eigenvalue weighted by Gasteiger charge is -2.22. The van der Waals surface area contributed by atoms with Crippen LogP contribution >= 0.6 is 11.3 Å². The topological polar surface area (TPSA) is 66.5 Å². The summed E-state index contributed by atoms with van der Waals surface area (Å²) < 4.78 is 39.7. The maximum Gasteiger partial charge on any atom is 0.253 e. The molecule has 1 N–H and O–H groups in total. The molecule has 1 amide bonds. The fraction of sp³-hybridized carbons (Fsp3) is 0.312.